The van der Waals surface area contributed by atoms with Gasteiger partial charge < -0.3 is 14.6 Å². The summed E-state index contributed by atoms with van der Waals surface area (Å²) in [7, 11) is 0. The van der Waals surface area contributed by atoms with Crippen molar-refractivity contribution in [1.29, 1.82) is 0 Å². The van der Waals surface area contributed by atoms with Gasteiger partial charge in [0.25, 0.3) is 0 Å². The number of hydrogen-bond donors (Lipinski definition) is 1. The summed E-state index contributed by atoms with van der Waals surface area (Å²) in [6, 6.07) is 11.7. The predicted molar refractivity (Wildman–Crippen MR) is 97.2 cm³/mol. The molecule has 0 unspecified atom stereocenters. The summed E-state index contributed by atoms with van der Waals surface area (Å²) >= 11 is 6.08. The van der Waals surface area contributed by atoms with E-state index in [4.69, 9.17) is 16.3 Å². The third-order valence-corrected chi connectivity index (χ3v) is 4.60. The van der Waals surface area contributed by atoms with E-state index in [0.717, 1.165) is 45.8 Å². The van der Waals surface area contributed by atoms with Crippen molar-refractivity contribution in [3.05, 3.63) is 53.6 Å². The van der Waals surface area contributed by atoms with Crippen molar-refractivity contribution in [2.45, 2.75) is 13.2 Å². The standard InChI is InChI=1S/C18H14ClN5O/c19-11-2-1-3-12(6-11)22-18-13-7-16-15(8-14(13)20-10-21-18)23-17-9-25-5-4-24(16)17/h1-3,6-8,10H,4-5,9H2,(H,20,21,22). The molecule has 0 saturated carbocycles. The van der Waals surface area contributed by atoms with E-state index >= 15 is 0 Å². The Kier molecular flexibility index (Phi) is 3.33. The molecule has 0 amide bonds. The molecule has 1 aliphatic rings. The third-order valence-electron chi connectivity index (χ3n) is 4.36. The molecule has 0 radical (unpaired) electrons. The number of benzene rings is 2. The van der Waals surface area contributed by atoms with Gasteiger partial charge in [0.05, 0.1) is 23.2 Å². The van der Waals surface area contributed by atoms with Crippen LogP contribution < -0.4 is 5.32 Å². The molecule has 6 nitrogen and oxygen atoms in total. The molecule has 25 heavy (non-hydrogen) atoms. The van der Waals surface area contributed by atoms with Gasteiger partial charge in [-0.15, -0.1) is 0 Å². The number of imidazole rings is 1. The van der Waals surface area contributed by atoms with E-state index in [-0.39, 0.29) is 0 Å². The number of nitrogens with one attached hydrogen (secondary N) is 1. The molecular formula is C18H14ClN5O. The summed E-state index contributed by atoms with van der Waals surface area (Å²) in [5, 5.41) is 4.96. The molecule has 0 fully saturated rings. The lowest BCUT2D eigenvalue weighted by atomic mass is 10.2. The molecule has 124 valence electrons. The van der Waals surface area contributed by atoms with Gasteiger partial charge >= 0.3 is 0 Å². The first kappa shape index (κ1) is 14.6. The maximum absolute atomic E-state index is 6.08. The predicted octanol–water partition coefficient (Wildman–Crippen LogP) is 3.91. The van der Waals surface area contributed by atoms with Gasteiger partial charge in [0.1, 0.15) is 24.6 Å². The molecule has 0 aliphatic carbocycles. The number of rotatable bonds is 2. The first-order chi connectivity index (χ1) is 12.3. The Bertz CT molecular complexity index is 1110. The molecule has 0 bridgehead atoms. The van der Waals surface area contributed by atoms with Crippen LogP contribution in [0.1, 0.15) is 5.82 Å². The highest BCUT2D eigenvalue weighted by Crippen LogP contribution is 2.29. The van der Waals surface area contributed by atoms with Crippen LogP contribution in [0.15, 0.2) is 42.7 Å². The van der Waals surface area contributed by atoms with Gasteiger partial charge in [-0.25, -0.2) is 15.0 Å². The molecule has 4 aromatic rings. The number of hydrogen-bond acceptors (Lipinski definition) is 5. The van der Waals surface area contributed by atoms with Crippen molar-refractivity contribution >= 4 is 45.0 Å². The van der Waals surface area contributed by atoms with Crippen molar-refractivity contribution in [3.63, 3.8) is 0 Å². The first-order valence-electron chi connectivity index (χ1n) is 8.02. The molecule has 7 heteroatoms. The maximum Gasteiger partial charge on any atom is 0.141 e. The van der Waals surface area contributed by atoms with Gasteiger partial charge in [0.2, 0.25) is 0 Å². The second-order valence-electron chi connectivity index (χ2n) is 5.95. The molecule has 2 aromatic carbocycles. The van der Waals surface area contributed by atoms with Crippen molar-refractivity contribution in [2.75, 3.05) is 11.9 Å². The van der Waals surface area contributed by atoms with Gasteiger partial charge in [-0.2, -0.15) is 0 Å². The Morgan fingerprint density at radius 2 is 2.08 bits per heavy atom. The van der Waals surface area contributed by atoms with E-state index in [1.54, 1.807) is 6.33 Å². The summed E-state index contributed by atoms with van der Waals surface area (Å²) in [5.41, 5.74) is 3.75. The van der Waals surface area contributed by atoms with Crippen molar-refractivity contribution in [3.8, 4) is 0 Å². The zero-order valence-corrected chi connectivity index (χ0v) is 14.0. The second-order valence-corrected chi connectivity index (χ2v) is 6.38. The Labute approximate surface area is 148 Å². The minimum Gasteiger partial charge on any atom is -0.372 e. The third kappa shape index (κ3) is 2.50. The number of ether oxygens (including phenoxy) is 1. The van der Waals surface area contributed by atoms with Crippen LogP contribution in [0, 0.1) is 0 Å². The Balaban J connectivity index is 1.68. The SMILES string of the molecule is Clc1cccc(Nc2ncnc3cc4nc5n(c4cc23)CCOC5)c1. The summed E-state index contributed by atoms with van der Waals surface area (Å²) in [6.07, 6.45) is 1.56. The maximum atomic E-state index is 6.08. The van der Waals surface area contributed by atoms with Crippen LogP contribution in [0.5, 0.6) is 0 Å². The quantitative estimate of drug-likeness (QED) is 0.593. The second kappa shape index (κ2) is 5.68. The van der Waals surface area contributed by atoms with Gasteiger partial charge in [-0.05, 0) is 30.3 Å². The number of halogens is 1. The van der Waals surface area contributed by atoms with Crippen LogP contribution in [0.3, 0.4) is 0 Å². The summed E-state index contributed by atoms with van der Waals surface area (Å²) in [4.78, 5) is 13.5. The van der Waals surface area contributed by atoms with E-state index in [9.17, 15) is 0 Å². The highest BCUT2D eigenvalue weighted by atomic mass is 35.5. The minimum atomic E-state index is 0.546. The van der Waals surface area contributed by atoms with Crippen LogP contribution >= 0.6 is 11.6 Å². The van der Waals surface area contributed by atoms with Gasteiger partial charge in [0.15, 0.2) is 0 Å². The van der Waals surface area contributed by atoms with Gasteiger partial charge in [-0.1, -0.05) is 17.7 Å². The summed E-state index contributed by atoms with van der Waals surface area (Å²) in [6.45, 7) is 2.06. The topological polar surface area (TPSA) is 64.9 Å². The van der Waals surface area contributed by atoms with Crippen LogP contribution in [0.25, 0.3) is 21.9 Å². The number of anilines is 2. The number of aromatic nitrogens is 4. The lowest BCUT2D eigenvalue weighted by Crippen LogP contribution is -2.16. The average molecular weight is 352 g/mol. The lowest BCUT2D eigenvalue weighted by Gasteiger charge is -2.15. The smallest absolute Gasteiger partial charge is 0.141 e. The fourth-order valence-electron chi connectivity index (χ4n) is 3.21. The van der Waals surface area contributed by atoms with E-state index in [0.29, 0.717) is 18.2 Å². The molecule has 0 spiro atoms. The first-order valence-corrected chi connectivity index (χ1v) is 8.40. The Morgan fingerprint density at radius 3 is 3.00 bits per heavy atom. The molecule has 3 heterocycles. The molecule has 0 saturated heterocycles. The number of fused-ring (bicyclic) bond motifs is 4. The van der Waals surface area contributed by atoms with Gasteiger partial charge in [-0.3, -0.25) is 0 Å². The van der Waals surface area contributed by atoms with E-state index in [1.807, 2.05) is 30.3 Å². The molecule has 2 aromatic heterocycles. The van der Waals surface area contributed by atoms with Crippen LogP contribution in [-0.4, -0.2) is 26.1 Å². The molecule has 5 rings (SSSR count). The number of nitrogens with zero attached hydrogens (tertiary/aromatic N) is 4. The zero-order chi connectivity index (χ0) is 16.8. The van der Waals surface area contributed by atoms with Crippen molar-refractivity contribution < 1.29 is 4.74 Å². The fraction of sp³-hybridized carbons (Fsp3) is 0.167. The van der Waals surface area contributed by atoms with E-state index in [1.165, 1.54) is 0 Å². The zero-order valence-electron chi connectivity index (χ0n) is 13.2. The van der Waals surface area contributed by atoms with E-state index < -0.39 is 0 Å². The fourth-order valence-corrected chi connectivity index (χ4v) is 3.40. The lowest BCUT2D eigenvalue weighted by molar-refractivity contribution is 0.0830. The Hall–Kier alpha value is -2.70. The monoisotopic (exact) mass is 351 g/mol. The largest absolute Gasteiger partial charge is 0.372 e. The molecule has 0 atom stereocenters. The average Bonchev–Trinajstić information content (AvgIpc) is 2.98. The van der Waals surface area contributed by atoms with Crippen molar-refractivity contribution in [2.24, 2.45) is 0 Å². The summed E-state index contributed by atoms with van der Waals surface area (Å²) in [5.74, 6) is 1.70. The van der Waals surface area contributed by atoms with Crippen LogP contribution in [0.4, 0.5) is 11.5 Å². The summed E-state index contributed by atoms with van der Waals surface area (Å²) < 4.78 is 7.70. The molecule has 1 aliphatic heterocycles. The van der Waals surface area contributed by atoms with E-state index in [2.05, 4.69) is 30.9 Å². The highest BCUT2D eigenvalue weighted by molar-refractivity contribution is 6.30. The van der Waals surface area contributed by atoms with Crippen LogP contribution in [0.2, 0.25) is 5.02 Å². The Morgan fingerprint density at radius 1 is 1.12 bits per heavy atom. The minimum absolute atomic E-state index is 0.546. The normalized spacial score (nSPS) is 14.0. The molecule has 1 N–H and O–H groups in total. The molecular weight excluding hydrogens is 338 g/mol. The van der Waals surface area contributed by atoms with Gasteiger partial charge in [0, 0.05) is 22.6 Å². The highest BCUT2D eigenvalue weighted by Gasteiger charge is 2.16. The van der Waals surface area contributed by atoms with Crippen molar-refractivity contribution in [1.82, 2.24) is 19.5 Å². The van der Waals surface area contributed by atoms with Crippen LogP contribution in [-0.2, 0) is 17.9 Å².